The fourth-order valence-electron chi connectivity index (χ4n) is 3.66. The van der Waals surface area contributed by atoms with Crippen LogP contribution in [0.3, 0.4) is 0 Å². The number of fused-ring (bicyclic) bond motifs is 1. The predicted octanol–water partition coefficient (Wildman–Crippen LogP) is 1.09. The Bertz CT molecular complexity index is 595. The Balaban J connectivity index is 1.60. The zero-order chi connectivity index (χ0) is 13.4. The molecule has 0 amide bonds. The first-order chi connectivity index (χ1) is 9.85. The van der Waals surface area contributed by atoms with Crippen LogP contribution in [-0.4, -0.2) is 46.0 Å². The Labute approximate surface area is 118 Å². The Kier molecular flexibility index (Phi) is 2.84. The molecule has 2 aliphatic heterocycles. The topological polar surface area (TPSA) is 58.4 Å². The predicted molar refractivity (Wildman–Crippen MR) is 76.8 cm³/mol. The minimum Gasteiger partial charge on any atom is -0.355 e. The Hall–Kier alpha value is -1.69. The van der Waals surface area contributed by atoms with Gasteiger partial charge in [-0.15, -0.1) is 15.3 Å². The molecule has 0 atom stereocenters. The lowest BCUT2D eigenvalue weighted by atomic mass is 9.73. The normalized spacial score (nSPS) is 22.5. The van der Waals surface area contributed by atoms with Gasteiger partial charge in [0, 0.05) is 13.1 Å². The van der Waals surface area contributed by atoms with Crippen molar-refractivity contribution in [3.8, 4) is 0 Å². The summed E-state index contributed by atoms with van der Waals surface area (Å²) in [4.78, 5) is 2.44. The van der Waals surface area contributed by atoms with Crippen molar-refractivity contribution in [2.45, 2.75) is 25.7 Å². The molecule has 1 spiro atoms. The van der Waals surface area contributed by atoms with Crippen molar-refractivity contribution in [1.29, 1.82) is 0 Å². The second-order valence-electron chi connectivity index (χ2n) is 6.10. The van der Waals surface area contributed by atoms with E-state index in [1.54, 1.807) is 10.8 Å². The molecule has 1 N–H and O–H groups in total. The molecule has 0 radical (unpaired) electrons. The van der Waals surface area contributed by atoms with Crippen molar-refractivity contribution in [2.75, 3.05) is 31.1 Å². The van der Waals surface area contributed by atoms with Crippen LogP contribution in [0.2, 0.25) is 0 Å². The van der Waals surface area contributed by atoms with Gasteiger partial charge in [0.25, 0.3) is 0 Å². The van der Waals surface area contributed by atoms with E-state index in [-0.39, 0.29) is 0 Å². The molecule has 2 aromatic heterocycles. The van der Waals surface area contributed by atoms with E-state index in [1.807, 2.05) is 6.07 Å². The maximum absolute atomic E-state index is 4.64. The minimum absolute atomic E-state index is 0.493. The SMILES string of the molecule is c1cc2nncn2nc1N1CCCC2(CCNCC2)C1. The molecule has 2 fully saturated rings. The van der Waals surface area contributed by atoms with Gasteiger partial charge in [0.2, 0.25) is 0 Å². The van der Waals surface area contributed by atoms with Gasteiger partial charge in [-0.1, -0.05) is 0 Å². The van der Waals surface area contributed by atoms with Crippen molar-refractivity contribution in [1.82, 2.24) is 25.1 Å². The fraction of sp³-hybridized carbons (Fsp3) is 0.643. The van der Waals surface area contributed by atoms with Crippen molar-refractivity contribution < 1.29 is 0 Å². The quantitative estimate of drug-likeness (QED) is 0.842. The Morgan fingerprint density at radius 1 is 1.15 bits per heavy atom. The maximum Gasteiger partial charge on any atom is 0.177 e. The molecule has 0 bridgehead atoms. The van der Waals surface area contributed by atoms with Crippen LogP contribution in [0.1, 0.15) is 25.7 Å². The van der Waals surface area contributed by atoms with Crippen molar-refractivity contribution in [3.05, 3.63) is 18.5 Å². The highest BCUT2D eigenvalue weighted by atomic mass is 15.4. The average molecular weight is 272 g/mol. The molecule has 6 nitrogen and oxygen atoms in total. The number of nitrogens with zero attached hydrogens (tertiary/aromatic N) is 5. The summed E-state index contributed by atoms with van der Waals surface area (Å²) in [5.74, 6) is 1.05. The summed E-state index contributed by atoms with van der Waals surface area (Å²) in [5, 5.41) is 16.0. The summed E-state index contributed by atoms with van der Waals surface area (Å²) < 4.78 is 1.76. The smallest absolute Gasteiger partial charge is 0.177 e. The van der Waals surface area contributed by atoms with E-state index < -0.39 is 0 Å². The monoisotopic (exact) mass is 272 g/mol. The number of hydrogen-bond acceptors (Lipinski definition) is 5. The molecule has 20 heavy (non-hydrogen) atoms. The molecule has 2 saturated heterocycles. The molecule has 4 heterocycles. The van der Waals surface area contributed by atoms with Crippen LogP contribution in [0.15, 0.2) is 18.5 Å². The molecule has 0 saturated carbocycles. The Morgan fingerprint density at radius 3 is 2.95 bits per heavy atom. The first-order valence-corrected chi connectivity index (χ1v) is 7.48. The molecule has 6 heteroatoms. The molecule has 4 rings (SSSR count). The van der Waals surface area contributed by atoms with Crippen LogP contribution in [0.4, 0.5) is 5.82 Å². The number of piperidine rings is 2. The van der Waals surface area contributed by atoms with Crippen molar-refractivity contribution >= 4 is 11.5 Å². The highest BCUT2D eigenvalue weighted by Gasteiger charge is 2.36. The number of aromatic nitrogens is 4. The van der Waals surface area contributed by atoms with Gasteiger partial charge in [0.05, 0.1) is 0 Å². The molecular weight excluding hydrogens is 252 g/mol. The van der Waals surface area contributed by atoms with Gasteiger partial charge in [0.15, 0.2) is 5.65 Å². The van der Waals surface area contributed by atoms with Crippen LogP contribution in [0, 0.1) is 5.41 Å². The summed E-state index contributed by atoms with van der Waals surface area (Å²) in [5.41, 5.74) is 1.30. The molecule has 0 aliphatic carbocycles. The first-order valence-electron chi connectivity index (χ1n) is 7.48. The van der Waals surface area contributed by atoms with E-state index in [2.05, 4.69) is 31.6 Å². The lowest BCUT2D eigenvalue weighted by molar-refractivity contribution is 0.166. The summed E-state index contributed by atoms with van der Waals surface area (Å²) >= 11 is 0. The van der Waals surface area contributed by atoms with E-state index in [1.165, 1.54) is 25.7 Å². The molecular formula is C14H20N6. The third kappa shape index (κ3) is 2.04. The summed E-state index contributed by atoms with van der Waals surface area (Å²) in [6, 6.07) is 4.07. The number of rotatable bonds is 1. The van der Waals surface area contributed by atoms with E-state index in [9.17, 15) is 0 Å². The van der Waals surface area contributed by atoms with Gasteiger partial charge in [-0.3, -0.25) is 0 Å². The molecule has 106 valence electrons. The van der Waals surface area contributed by atoms with Crippen LogP contribution in [-0.2, 0) is 0 Å². The van der Waals surface area contributed by atoms with Crippen LogP contribution in [0.25, 0.3) is 5.65 Å². The third-order valence-electron chi connectivity index (χ3n) is 4.80. The largest absolute Gasteiger partial charge is 0.355 e. The molecule has 2 aromatic rings. The van der Waals surface area contributed by atoms with E-state index in [0.29, 0.717) is 5.41 Å². The second-order valence-corrected chi connectivity index (χ2v) is 6.10. The van der Waals surface area contributed by atoms with Gasteiger partial charge >= 0.3 is 0 Å². The number of hydrogen-bond donors (Lipinski definition) is 1. The summed E-state index contributed by atoms with van der Waals surface area (Å²) in [6.07, 6.45) is 6.88. The Morgan fingerprint density at radius 2 is 2.05 bits per heavy atom. The lowest BCUT2D eigenvalue weighted by Crippen LogP contribution is -2.48. The summed E-state index contributed by atoms with van der Waals surface area (Å²) in [7, 11) is 0. The number of nitrogens with one attached hydrogen (secondary N) is 1. The first kappa shape index (κ1) is 12.1. The standard InChI is InChI=1S/C14H20N6/c1-4-14(5-7-15-8-6-14)10-19(9-1)13-3-2-12-17-16-11-20(12)18-13/h2-3,11,15H,1,4-10H2. The zero-order valence-electron chi connectivity index (χ0n) is 11.6. The second kappa shape index (κ2) is 4.70. The fourth-order valence-corrected chi connectivity index (χ4v) is 3.66. The van der Waals surface area contributed by atoms with Gasteiger partial charge < -0.3 is 10.2 Å². The van der Waals surface area contributed by atoms with Gasteiger partial charge in [-0.25, -0.2) is 0 Å². The maximum atomic E-state index is 4.64. The minimum atomic E-state index is 0.493. The van der Waals surface area contributed by atoms with Crippen LogP contribution >= 0.6 is 0 Å². The van der Waals surface area contributed by atoms with Crippen LogP contribution < -0.4 is 10.2 Å². The van der Waals surface area contributed by atoms with Gasteiger partial charge in [-0.2, -0.15) is 4.52 Å². The highest BCUT2D eigenvalue weighted by Crippen LogP contribution is 2.39. The van der Waals surface area contributed by atoms with E-state index in [4.69, 9.17) is 0 Å². The van der Waals surface area contributed by atoms with Gasteiger partial charge in [0.1, 0.15) is 12.1 Å². The molecule has 2 aliphatic rings. The van der Waals surface area contributed by atoms with E-state index in [0.717, 1.165) is 37.6 Å². The van der Waals surface area contributed by atoms with Crippen molar-refractivity contribution in [2.24, 2.45) is 5.41 Å². The molecule has 0 aromatic carbocycles. The number of anilines is 1. The third-order valence-corrected chi connectivity index (χ3v) is 4.80. The average Bonchev–Trinajstić information content (AvgIpc) is 2.95. The lowest BCUT2D eigenvalue weighted by Gasteiger charge is -2.45. The van der Waals surface area contributed by atoms with Gasteiger partial charge in [-0.05, 0) is 56.3 Å². The highest BCUT2D eigenvalue weighted by molar-refractivity contribution is 5.45. The zero-order valence-corrected chi connectivity index (χ0v) is 11.6. The summed E-state index contributed by atoms with van der Waals surface area (Å²) in [6.45, 7) is 4.56. The molecule has 0 unspecified atom stereocenters. The van der Waals surface area contributed by atoms with Crippen LogP contribution in [0.5, 0.6) is 0 Å². The van der Waals surface area contributed by atoms with Crippen molar-refractivity contribution in [3.63, 3.8) is 0 Å². The van der Waals surface area contributed by atoms with E-state index >= 15 is 0 Å².